The van der Waals surface area contributed by atoms with Crippen molar-refractivity contribution in [3.05, 3.63) is 47.7 Å². The van der Waals surface area contributed by atoms with Gasteiger partial charge < -0.3 is 10.2 Å². The lowest BCUT2D eigenvalue weighted by molar-refractivity contribution is -0.117. The minimum absolute atomic E-state index is 0.0693. The van der Waals surface area contributed by atoms with Crippen LogP contribution in [0, 0.1) is 6.92 Å². The van der Waals surface area contributed by atoms with Crippen LogP contribution in [0.25, 0.3) is 0 Å². The summed E-state index contributed by atoms with van der Waals surface area (Å²) in [5.41, 5.74) is 2.49. The number of carbonyl (C=O) groups is 2. The van der Waals surface area contributed by atoms with Gasteiger partial charge in [-0.15, -0.1) is 0 Å². The van der Waals surface area contributed by atoms with Gasteiger partial charge in [0.2, 0.25) is 21.8 Å². The van der Waals surface area contributed by atoms with Gasteiger partial charge in [0.15, 0.2) is 0 Å². The summed E-state index contributed by atoms with van der Waals surface area (Å²) in [5.74, 6) is -0.172. The van der Waals surface area contributed by atoms with Gasteiger partial charge in [-0.2, -0.15) is 4.31 Å². The number of nitrogens with one attached hydrogen (secondary N) is 1. The molecule has 1 aromatic heterocycles. The first-order chi connectivity index (χ1) is 13.7. The molecule has 0 radical (unpaired) electrons. The normalized spacial score (nSPS) is 13.9. The molecule has 0 fully saturated rings. The number of aryl methyl sites for hydroxylation is 2. The van der Waals surface area contributed by atoms with E-state index in [1.54, 1.807) is 35.4 Å². The van der Waals surface area contributed by atoms with E-state index in [1.165, 1.54) is 20.0 Å². The highest BCUT2D eigenvalue weighted by atomic mass is 32.2. The highest BCUT2D eigenvalue weighted by Gasteiger charge is 2.26. The first kappa shape index (κ1) is 20.9. The molecule has 8 nitrogen and oxygen atoms in total. The third kappa shape index (κ3) is 4.63. The van der Waals surface area contributed by atoms with Crippen LogP contribution in [-0.2, 0) is 26.0 Å². The average molecular weight is 417 g/mol. The van der Waals surface area contributed by atoms with E-state index >= 15 is 0 Å². The van der Waals surface area contributed by atoms with Crippen LogP contribution in [0.5, 0.6) is 0 Å². The maximum absolute atomic E-state index is 12.9. The fourth-order valence-electron chi connectivity index (χ4n) is 3.32. The van der Waals surface area contributed by atoms with Crippen LogP contribution < -0.4 is 10.2 Å². The van der Waals surface area contributed by atoms with Gasteiger partial charge in [-0.3, -0.25) is 9.59 Å². The van der Waals surface area contributed by atoms with Crippen LogP contribution in [0.1, 0.15) is 24.5 Å². The van der Waals surface area contributed by atoms with Crippen molar-refractivity contribution in [3.63, 3.8) is 0 Å². The lowest BCUT2D eigenvalue weighted by Crippen LogP contribution is -2.36. The van der Waals surface area contributed by atoms with Crippen LogP contribution in [-0.4, -0.2) is 49.7 Å². The molecule has 29 heavy (non-hydrogen) atoms. The molecule has 3 rings (SSSR count). The van der Waals surface area contributed by atoms with Crippen molar-refractivity contribution >= 4 is 33.3 Å². The fraction of sp³-hybridized carbons (Fsp3) is 0.350. The number of anilines is 2. The minimum atomic E-state index is -3.86. The number of pyridine rings is 1. The van der Waals surface area contributed by atoms with Gasteiger partial charge in [0.25, 0.3) is 0 Å². The Morgan fingerprint density at radius 3 is 2.69 bits per heavy atom. The second kappa shape index (κ2) is 8.30. The first-order valence-corrected chi connectivity index (χ1v) is 10.7. The average Bonchev–Trinajstić information content (AvgIpc) is 2.66. The van der Waals surface area contributed by atoms with Crippen LogP contribution in [0.15, 0.2) is 41.4 Å². The lowest BCUT2D eigenvalue weighted by atomic mass is 10.0. The molecule has 0 bridgehead atoms. The molecule has 0 unspecified atom stereocenters. The predicted molar refractivity (Wildman–Crippen MR) is 110 cm³/mol. The number of rotatable bonds is 5. The molecule has 0 saturated carbocycles. The molecule has 2 amide bonds. The zero-order chi connectivity index (χ0) is 21.2. The number of likely N-dealkylation sites (N-methyl/N-ethyl adjacent to an activating group) is 1. The number of aromatic nitrogens is 1. The minimum Gasteiger partial charge on any atom is -0.312 e. The maximum Gasteiger partial charge on any atom is 0.243 e. The van der Waals surface area contributed by atoms with E-state index in [9.17, 15) is 18.0 Å². The van der Waals surface area contributed by atoms with Gasteiger partial charge in [-0.25, -0.2) is 13.4 Å². The number of benzene rings is 1. The second-order valence-electron chi connectivity index (χ2n) is 7.09. The van der Waals surface area contributed by atoms with Crippen LogP contribution in [0.3, 0.4) is 0 Å². The molecule has 9 heteroatoms. The van der Waals surface area contributed by atoms with Crippen molar-refractivity contribution in [2.45, 2.75) is 31.6 Å². The van der Waals surface area contributed by atoms with Crippen molar-refractivity contribution in [2.24, 2.45) is 0 Å². The molecule has 0 spiro atoms. The summed E-state index contributed by atoms with van der Waals surface area (Å²) in [4.78, 5) is 29.9. The summed E-state index contributed by atoms with van der Waals surface area (Å²) in [6.45, 7) is 3.66. The van der Waals surface area contributed by atoms with Crippen molar-refractivity contribution in [3.8, 4) is 0 Å². The van der Waals surface area contributed by atoms with E-state index in [0.717, 1.165) is 27.5 Å². The van der Waals surface area contributed by atoms with E-state index in [0.29, 0.717) is 18.8 Å². The van der Waals surface area contributed by atoms with E-state index in [1.807, 2.05) is 6.92 Å². The van der Waals surface area contributed by atoms with E-state index < -0.39 is 15.9 Å². The van der Waals surface area contributed by atoms with Crippen molar-refractivity contribution < 1.29 is 18.0 Å². The van der Waals surface area contributed by atoms with Gasteiger partial charge in [0.1, 0.15) is 5.82 Å². The van der Waals surface area contributed by atoms with Gasteiger partial charge in [-0.05, 0) is 61.2 Å². The molecular formula is C20H24N4O4S. The molecule has 2 heterocycles. The molecule has 1 aliphatic heterocycles. The Hall–Kier alpha value is -2.78. The zero-order valence-corrected chi connectivity index (χ0v) is 17.5. The number of sulfonamides is 1. The van der Waals surface area contributed by atoms with Crippen LogP contribution in [0.2, 0.25) is 0 Å². The molecular weight excluding hydrogens is 392 g/mol. The summed E-state index contributed by atoms with van der Waals surface area (Å²) < 4.78 is 26.9. The number of nitrogens with zero attached hydrogens (tertiary/aromatic N) is 3. The lowest BCUT2D eigenvalue weighted by Gasteiger charge is -2.29. The van der Waals surface area contributed by atoms with Gasteiger partial charge in [0, 0.05) is 32.4 Å². The Labute approximate surface area is 170 Å². The monoisotopic (exact) mass is 416 g/mol. The Morgan fingerprint density at radius 2 is 2.00 bits per heavy atom. The Morgan fingerprint density at radius 1 is 1.24 bits per heavy atom. The Balaban J connectivity index is 1.76. The summed E-state index contributed by atoms with van der Waals surface area (Å²) in [5, 5.41) is 2.61. The molecule has 0 saturated heterocycles. The second-order valence-corrected chi connectivity index (χ2v) is 9.14. The third-order valence-corrected chi connectivity index (χ3v) is 6.61. The van der Waals surface area contributed by atoms with Gasteiger partial charge >= 0.3 is 0 Å². The molecule has 1 N–H and O–H groups in total. The summed E-state index contributed by atoms with van der Waals surface area (Å²) in [6.07, 6.45) is 3.05. The van der Waals surface area contributed by atoms with Gasteiger partial charge in [0.05, 0.1) is 11.4 Å². The van der Waals surface area contributed by atoms with E-state index in [-0.39, 0.29) is 17.3 Å². The SMILES string of the molecule is CC(=O)N1CCCc2cc(S(=O)(=O)N(C)CC(=O)Nc3cc(C)ccn3)ccc21. The van der Waals surface area contributed by atoms with Crippen molar-refractivity contribution in [1.82, 2.24) is 9.29 Å². The number of hydrogen-bond donors (Lipinski definition) is 1. The topological polar surface area (TPSA) is 99.7 Å². The summed E-state index contributed by atoms with van der Waals surface area (Å²) in [7, 11) is -2.50. The molecule has 1 aromatic carbocycles. The van der Waals surface area contributed by atoms with Crippen LogP contribution in [0.4, 0.5) is 11.5 Å². The number of carbonyl (C=O) groups excluding carboxylic acids is 2. The molecule has 0 atom stereocenters. The maximum atomic E-state index is 12.9. The molecule has 2 aromatic rings. The molecule has 154 valence electrons. The highest BCUT2D eigenvalue weighted by molar-refractivity contribution is 7.89. The largest absolute Gasteiger partial charge is 0.312 e. The first-order valence-electron chi connectivity index (χ1n) is 9.28. The highest BCUT2D eigenvalue weighted by Crippen LogP contribution is 2.30. The predicted octanol–water partition coefficient (Wildman–Crippen LogP) is 1.95. The number of fused-ring (bicyclic) bond motifs is 1. The molecule has 0 aliphatic carbocycles. The number of hydrogen-bond acceptors (Lipinski definition) is 5. The Bertz CT molecular complexity index is 1050. The third-order valence-electron chi connectivity index (χ3n) is 4.81. The van der Waals surface area contributed by atoms with E-state index in [4.69, 9.17) is 0 Å². The van der Waals surface area contributed by atoms with Crippen molar-refractivity contribution in [1.29, 1.82) is 0 Å². The number of amides is 2. The van der Waals surface area contributed by atoms with Gasteiger partial charge in [-0.1, -0.05) is 0 Å². The zero-order valence-electron chi connectivity index (χ0n) is 16.7. The van der Waals surface area contributed by atoms with E-state index in [2.05, 4.69) is 10.3 Å². The summed E-state index contributed by atoms with van der Waals surface area (Å²) >= 11 is 0. The Kier molecular flexibility index (Phi) is 5.99. The van der Waals surface area contributed by atoms with Crippen molar-refractivity contribution in [2.75, 3.05) is 30.4 Å². The standard InChI is InChI=1S/C20H24N4O4S/c1-14-8-9-21-19(11-14)22-20(26)13-23(3)29(27,28)17-6-7-18-16(12-17)5-4-10-24(18)15(2)25/h6-9,11-12H,4-5,10,13H2,1-3H3,(H,21,22,26). The van der Waals surface area contributed by atoms with Crippen LogP contribution >= 0.6 is 0 Å². The smallest absolute Gasteiger partial charge is 0.243 e. The quantitative estimate of drug-likeness (QED) is 0.803. The fourth-order valence-corrected chi connectivity index (χ4v) is 4.49. The summed E-state index contributed by atoms with van der Waals surface area (Å²) in [6, 6.07) is 8.24. The molecule has 1 aliphatic rings.